The van der Waals surface area contributed by atoms with Gasteiger partial charge in [-0.2, -0.15) is 0 Å². The van der Waals surface area contributed by atoms with E-state index < -0.39 is 0 Å². The first-order chi connectivity index (χ1) is 6.76. The van der Waals surface area contributed by atoms with Crippen LogP contribution in [0, 0.1) is 5.41 Å². The molecule has 0 atom stereocenters. The highest BCUT2D eigenvalue weighted by Gasteiger charge is 2.40. The molecule has 1 heterocycles. The van der Waals surface area contributed by atoms with Crippen LogP contribution in [0.2, 0.25) is 0 Å². The molecular weight excluding hydrogens is 242 g/mol. The third kappa shape index (κ3) is 1.97. The molecule has 3 heteroatoms. The minimum absolute atomic E-state index is 0.330. The predicted molar refractivity (Wildman–Crippen MR) is 60.5 cm³/mol. The second-order valence-electron chi connectivity index (χ2n) is 4.67. The first kappa shape index (κ1) is 10.5. The molecule has 2 fully saturated rings. The number of nitrogens with zero attached hydrogens (tertiary/aromatic N) is 1. The van der Waals surface area contributed by atoms with E-state index in [9.17, 15) is 4.79 Å². The summed E-state index contributed by atoms with van der Waals surface area (Å²) in [4.78, 5) is 13.7. The Kier molecular flexibility index (Phi) is 3.15. The van der Waals surface area contributed by atoms with Crippen molar-refractivity contribution in [3.63, 3.8) is 0 Å². The van der Waals surface area contributed by atoms with Crippen molar-refractivity contribution in [2.24, 2.45) is 5.41 Å². The maximum Gasteiger partial charge on any atom is 0.223 e. The number of rotatable bonds is 2. The third-order valence-electron chi connectivity index (χ3n) is 3.90. The molecule has 80 valence electrons. The fraction of sp³-hybridized carbons (Fsp3) is 0.909. The Morgan fingerprint density at radius 3 is 2.29 bits per heavy atom. The summed E-state index contributed by atoms with van der Waals surface area (Å²) in [7, 11) is 0. The molecule has 2 nitrogen and oxygen atoms in total. The molecule has 1 aliphatic heterocycles. The van der Waals surface area contributed by atoms with Gasteiger partial charge in [-0.15, -0.1) is 0 Å². The van der Waals surface area contributed by atoms with Crippen molar-refractivity contribution in [2.75, 3.05) is 18.4 Å². The second kappa shape index (κ2) is 4.21. The van der Waals surface area contributed by atoms with Crippen LogP contribution in [0.3, 0.4) is 0 Å². The number of piperidine rings is 1. The number of amides is 1. The molecule has 0 bridgehead atoms. The summed E-state index contributed by atoms with van der Waals surface area (Å²) in [5.74, 6) is 0.330. The van der Waals surface area contributed by atoms with Crippen LogP contribution in [0.4, 0.5) is 0 Å². The topological polar surface area (TPSA) is 20.3 Å². The lowest BCUT2D eigenvalue weighted by molar-refractivity contribution is -0.134. The van der Waals surface area contributed by atoms with Gasteiger partial charge >= 0.3 is 0 Å². The predicted octanol–water partition coefficient (Wildman–Crippen LogP) is 2.56. The molecule has 14 heavy (non-hydrogen) atoms. The van der Waals surface area contributed by atoms with Gasteiger partial charge in [0.05, 0.1) is 0 Å². The normalized spacial score (nSPS) is 24.8. The van der Waals surface area contributed by atoms with E-state index in [4.69, 9.17) is 0 Å². The maximum absolute atomic E-state index is 11.6. The van der Waals surface area contributed by atoms with E-state index in [0.717, 1.165) is 18.4 Å². The summed E-state index contributed by atoms with van der Waals surface area (Å²) in [5.41, 5.74) is 0.658. The molecular formula is C11H18BrNO. The van der Waals surface area contributed by atoms with Gasteiger partial charge in [0.15, 0.2) is 0 Å². The van der Waals surface area contributed by atoms with Gasteiger partial charge in [0.1, 0.15) is 0 Å². The second-order valence-corrected chi connectivity index (χ2v) is 5.47. The van der Waals surface area contributed by atoms with Crippen molar-refractivity contribution in [2.45, 2.75) is 38.5 Å². The Balaban J connectivity index is 1.80. The lowest BCUT2D eigenvalue weighted by Gasteiger charge is -2.48. The van der Waals surface area contributed by atoms with Crippen molar-refractivity contribution < 1.29 is 4.79 Å². The van der Waals surface area contributed by atoms with Gasteiger partial charge < -0.3 is 4.90 Å². The molecule has 1 saturated carbocycles. The minimum atomic E-state index is 0.330. The molecule has 0 aromatic rings. The van der Waals surface area contributed by atoms with E-state index in [-0.39, 0.29) is 0 Å². The van der Waals surface area contributed by atoms with E-state index in [2.05, 4.69) is 15.9 Å². The average Bonchev–Trinajstić information content (AvgIpc) is 2.16. The molecule has 1 amide bonds. The lowest BCUT2D eigenvalue weighted by atomic mass is 9.63. The standard InChI is InChI=1S/C11H18BrNO/c12-7-2-10(14)13-8-5-11(6-9-13)3-1-4-11/h1-9H2. The number of hydrogen-bond donors (Lipinski definition) is 0. The van der Waals surface area contributed by atoms with Gasteiger partial charge in [-0.25, -0.2) is 0 Å². The highest BCUT2D eigenvalue weighted by atomic mass is 79.9. The van der Waals surface area contributed by atoms with Crippen molar-refractivity contribution in [1.29, 1.82) is 0 Å². The molecule has 0 aromatic carbocycles. The highest BCUT2D eigenvalue weighted by Crippen LogP contribution is 2.48. The summed E-state index contributed by atoms with van der Waals surface area (Å²) < 4.78 is 0. The number of carbonyl (C=O) groups excluding carboxylic acids is 1. The molecule has 0 radical (unpaired) electrons. The van der Waals surface area contributed by atoms with Gasteiger partial charge in [-0.1, -0.05) is 22.4 Å². The van der Waals surface area contributed by atoms with Gasteiger partial charge in [0, 0.05) is 24.8 Å². The summed E-state index contributed by atoms with van der Waals surface area (Å²) >= 11 is 3.32. The number of alkyl halides is 1. The fourth-order valence-corrected chi connectivity index (χ4v) is 2.99. The number of halogens is 1. The fourth-order valence-electron chi connectivity index (χ4n) is 2.65. The van der Waals surface area contributed by atoms with Crippen LogP contribution in [0.15, 0.2) is 0 Å². The highest BCUT2D eigenvalue weighted by molar-refractivity contribution is 9.09. The van der Waals surface area contributed by atoms with Crippen LogP contribution in [-0.2, 0) is 4.79 Å². The number of likely N-dealkylation sites (tertiary alicyclic amines) is 1. The van der Waals surface area contributed by atoms with Gasteiger partial charge in [-0.3, -0.25) is 4.79 Å². The van der Waals surface area contributed by atoms with Crippen molar-refractivity contribution in [1.82, 2.24) is 4.90 Å². The Labute approximate surface area is 94.2 Å². The average molecular weight is 260 g/mol. The minimum Gasteiger partial charge on any atom is -0.343 e. The van der Waals surface area contributed by atoms with Gasteiger partial charge in [-0.05, 0) is 31.1 Å². The van der Waals surface area contributed by atoms with E-state index in [0.29, 0.717) is 17.7 Å². The molecule has 2 aliphatic rings. The van der Waals surface area contributed by atoms with E-state index in [1.165, 1.54) is 32.1 Å². The molecule has 0 aromatic heterocycles. The zero-order valence-electron chi connectivity index (χ0n) is 8.60. The molecule has 0 unspecified atom stereocenters. The quantitative estimate of drug-likeness (QED) is 0.699. The van der Waals surface area contributed by atoms with E-state index >= 15 is 0 Å². The summed E-state index contributed by atoms with van der Waals surface area (Å²) in [6, 6.07) is 0. The number of hydrogen-bond acceptors (Lipinski definition) is 1. The van der Waals surface area contributed by atoms with E-state index in [1.807, 2.05) is 4.90 Å². The first-order valence-electron chi connectivity index (χ1n) is 5.60. The lowest BCUT2D eigenvalue weighted by Crippen LogP contribution is -2.45. The monoisotopic (exact) mass is 259 g/mol. The van der Waals surface area contributed by atoms with Crippen LogP contribution in [0.1, 0.15) is 38.5 Å². The largest absolute Gasteiger partial charge is 0.343 e. The van der Waals surface area contributed by atoms with Crippen LogP contribution < -0.4 is 0 Å². The van der Waals surface area contributed by atoms with Crippen molar-refractivity contribution in [3.05, 3.63) is 0 Å². The Morgan fingerprint density at radius 2 is 1.86 bits per heavy atom. The van der Waals surface area contributed by atoms with Crippen LogP contribution in [0.5, 0.6) is 0 Å². The van der Waals surface area contributed by atoms with Crippen molar-refractivity contribution in [3.8, 4) is 0 Å². The zero-order valence-corrected chi connectivity index (χ0v) is 10.2. The Bertz CT molecular complexity index is 215. The summed E-state index contributed by atoms with van der Waals surface area (Å²) in [6.45, 7) is 2.01. The molecule has 1 saturated heterocycles. The Hall–Kier alpha value is -0.0500. The van der Waals surface area contributed by atoms with Crippen molar-refractivity contribution >= 4 is 21.8 Å². The third-order valence-corrected chi connectivity index (χ3v) is 4.30. The van der Waals surface area contributed by atoms with Gasteiger partial charge in [0.25, 0.3) is 0 Å². The zero-order chi connectivity index (χ0) is 10.0. The molecule has 1 spiro atoms. The summed E-state index contributed by atoms with van der Waals surface area (Å²) in [5, 5.41) is 0.799. The van der Waals surface area contributed by atoms with Crippen LogP contribution in [-0.4, -0.2) is 29.2 Å². The first-order valence-corrected chi connectivity index (χ1v) is 6.72. The van der Waals surface area contributed by atoms with Crippen LogP contribution in [0.25, 0.3) is 0 Å². The SMILES string of the molecule is O=C(CCBr)N1CCC2(CCC2)CC1. The molecule has 0 N–H and O–H groups in total. The van der Waals surface area contributed by atoms with E-state index in [1.54, 1.807) is 0 Å². The smallest absolute Gasteiger partial charge is 0.223 e. The van der Waals surface area contributed by atoms with Gasteiger partial charge in [0.2, 0.25) is 5.91 Å². The molecule has 1 aliphatic carbocycles. The Morgan fingerprint density at radius 1 is 1.21 bits per heavy atom. The van der Waals surface area contributed by atoms with Crippen LogP contribution >= 0.6 is 15.9 Å². The molecule has 2 rings (SSSR count). The maximum atomic E-state index is 11.6. The summed E-state index contributed by atoms with van der Waals surface area (Å²) in [6.07, 6.45) is 7.39. The number of carbonyl (C=O) groups is 1.